The van der Waals surface area contributed by atoms with Crippen LogP contribution < -0.4 is 5.32 Å². The van der Waals surface area contributed by atoms with Crippen LogP contribution in [0.25, 0.3) is 0 Å². The molecule has 0 bridgehead atoms. The number of nitrogens with one attached hydrogen (secondary N) is 1. The first-order chi connectivity index (χ1) is 5.35. The largest absolute Gasteiger partial charge is 0.330 e. The van der Waals surface area contributed by atoms with Crippen molar-refractivity contribution in [2.24, 2.45) is 0 Å². The molecule has 1 fully saturated rings. The summed E-state index contributed by atoms with van der Waals surface area (Å²) in [6.07, 6.45) is 8.72. The molecule has 1 rings (SSSR count). The van der Waals surface area contributed by atoms with E-state index < -0.39 is 0 Å². The minimum absolute atomic E-state index is 0.750. The lowest BCUT2D eigenvalue weighted by Crippen LogP contribution is -2.26. The van der Waals surface area contributed by atoms with Crippen molar-refractivity contribution in [3.63, 3.8) is 0 Å². The van der Waals surface area contributed by atoms with Crippen molar-refractivity contribution in [2.45, 2.75) is 38.1 Å². The van der Waals surface area contributed by atoms with Gasteiger partial charge in [0.2, 0.25) is 0 Å². The highest BCUT2D eigenvalue weighted by molar-refractivity contribution is 7.93. The molecular formula is C8H19NOS. The van der Waals surface area contributed by atoms with Crippen LogP contribution in [-0.2, 0) is 0 Å². The summed E-state index contributed by atoms with van der Waals surface area (Å²) in [6, 6.07) is 0.837. The van der Waals surface area contributed by atoms with Gasteiger partial charge in [-0.15, -0.1) is 0 Å². The molecule has 1 aliphatic rings. The summed E-state index contributed by atoms with van der Waals surface area (Å²) in [5.41, 5.74) is 0. The number of hydrogen-bond donors (Lipinski definition) is 2. The Labute approximate surface area is 74.0 Å². The smallest absolute Gasteiger partial charge is 0.00795 e. The van der Waals surface area contributed by atoms with Crippen LogP contribution in [-0.4, -0.2) is 23.9 Å². The molecule has 0 spiro atoms. The Balaban J connectivity index is 0.000000292. The molecule has 1 aliphatic carbocycles. The molecule has 0 amide bonds. The molecule has 0 atom stereocenters. The van der Waals surface area contributed by atoms with E-state index in [-0.39, 0.29) is 0 Å². The fourth-order valence-electron chi connectivity index (χ4n) is 1.39. The van der Waals surface area contributed by atoms with E-state index in [0.717, 1.165) is 18.1 Å². The second-order valence-electron chi connectivity index (χ2n) is 2.81. The summed E-state index contributed by atoms with van der Waals surface area (Å²) >= 11 is 0.750. The lowest BCUT2D eigenvalue weighted by atomic mass is 9.96. The van der Waals surface area contributed by atoms with E-state index in [1.54, 1.807) is 6.26 Å². The van der Waals surface area contributed by atoms with Crippen molar-refractivity contribution in [1.82, 2.24) is 5.32 Å². The molecule has 0 aromatic carbocycles. The third-order valence-electron chi connectivity index (χ3n) is 2.01. The Bertz CT molecular complexity index is 74.5. The Morgan fingerprint density at radius 1 is 1.27 bits per heavy atom. The van der Waals surface area contributed by atoms with Crippen molar-refractivity contribution in [3.05, 3.63) is 0 Å². The molecule has 2 N–H and O–H groups in total. The summed E-state index contributed by atoms with van der Waals surface area (Å²) in [4.78, 5) is 0. The quantitative estimate of drug-likeness (QED) is 0.603. The van der Waals surface area contributed by atoms with Crippen molar-refractivity contribution < 1.29 is 4.55 Å². The lowest BCUT2D eigenvalue weighted by molar-refractivity contribution is 0.394. The van der Waals surface area contributed by atoms with Crippen LogP contribution in [0.4, 0.5) is 0 Å². The van der Waals surface area contributed by atoms with E-state index in [9.17, 15) is 0 Å². The van der Waals surface area contributed by atoms with Gasteiger partial charge < -0.3 is 9.87 Å². The Morgan fingerprint density at radius 2 is 1.73 bits per heavy atom. The standard InChI is InChI=1S/C7H15N.CH4OS/c1-8-7-5-3-2-4-6-7;1-3-2/h7-8H,2-6H2,1H3;2H,1H3. The molecule has 0 aliphatic heterocycles. The van der Waals surface area contributed by atoms with Gasteiger partial charge in [-0.05, 0) is 31.9 Å². The molecule has 0 radical (unpaired) electrons. The maximum absolute atomic E-state index is 7.49. The van der Waals surface area contributed by atoms with Crippen LogP contribution in [0.3, 0.4) is 0 Å². The van der Waals surface area contributed by atoms with E-state index >= 15 is 0 Å². The average Bonchev–Trinajstić information content (AvgIpc) is 2.08. The summed E-state index contributed by atoms with van der Waals surface area (Å²) in [5, 5.41) is 3.30. The zero-order valence-corrected chi connectivity index (χ0v) is 8.28. The highest BCUT2D eigenvalue weighted by Crippen LogP contribution is 2.16. The van der Waals surface area contributed by atoms with Crippen LogP contribution in [0, 0.1) is 0 Å². The van der Waals surface area contributed by atoms with Gasteiger partial charge in [-0.3, -0.25) is 0 Å². The van der Waals surface area contributed by atoms with E-state index in [4.69, 9.17) is 4.55 Å². The minimum Gasteiger partial charge on any atom is -0.330 e. The Kier molecular flexibility index (Phi) is 8.57. The monoisotopic (exact) mass is 177 g/mol. The molecule has 0 aromatic heterocycles. The van der Waals surface area contributed by atoms with Gasteiger partial charge in [0.05, 0.1) is 0 Å². The number of rotatable bonds is 1. The first-order valence-corrected chi connectivity index (χ1v) is 5.38. The lowest BCUT2D eigenvalue weighted by Gasteiger charge is -2.20. The predicted octanol–water partition coefficient (Wildman–Crippen LogP) is 2.36. The van der Waals surface area contributed by atoms with Gasteiger partial charge in [0.15, 0.2) is 0 Å². The van der Waals surface area contributed by atoms with Gasteiger partial charge >= 0.3 is 0 Å². The SMILES string of the molecule is CNC1CCCCC1.CSO. The average molecular weight is 177 g/mol. The molecule has 0 unspecified atom stereocenters. The summed E-state index contributed by atoms with van der Waals surface area (Å²) in [5.74, 6) is 0. The van der Waals surface area contributed by atoms with E-state index in [0.29, 0.717) is 0 Å². The van der Waals surface area contributed by atoms with E-state index in [2.05, 4.69) is 12.4 Å². The van der Waals surface area contributed by atoms with Gasteiger partial charge in [-0.25, -0.2) is 0 Å². The first kappa shape index (κ1) is 11.3. The highest BCUT2D eigenvalue weighted by atomic mass is 32.2. The Hall–Kier alpha value is 0.270. The van der Waals surface area contributed by atoms with Crippen LogP contribution in [0.5, 0.6) is 0 Å². The highest BCUT2D eigenvalue weighted by Gasteiger charge is 2.09. The van der Waals surface area contributed by atoms with E-state index in [1.165, 1.54) is 32.1 Å². The number of hydrogen-bond acceptors (Lipinski definition) is 3. The van der Waals surface area contributed by atoms with Gasteiger partial charge in [0.25, 0.3) is 0 Å². The third-order valence-corrected chi connectivity index (χ3v) is 2.01. The van der Waals surface area contributed by atoms with E-state index in [1.807, 2.05) is 0 Å². The second-order valence-corrected chi connectivity index (χ2v) is 3.17. The second kappa shape index (κ2) is 8.37. The van der Waals surface area contributed by atoms with Crippen molar-refractivity contribution in [3.8, 4) is 0 Å². The van der Waals surface area contributed by atoms with Crippen LogP contribution in [0.2, 0.25) is 0 Å². The normalized spacial score (nSPS) is 18.8. The topological polar surface area (TPSA) is 32.3 Å². The van der Waals surface area contributed by atoms with Gasteiger partial charge in [0, 0.05) is 12.3 Å². The van der Waals surface area contributed by atoms with Gasteiger partial charge in [-0.1, -0.05) is 19.3 Å². The van der Waals surface area contributed by atoms with Crippen molar-refractivity contribution in [1.29, 1.82) is 0 Å². The van der Waals surface area contributed by atoms with Crippen LogP contribution >= 0.6 is 12.0 Å². The fourth-order valence-corrected chi connectivity index (χ4v) is 1.39. The molecule has 3 heteroatoms. The predicted molar refractivity (Wildman–Crippen MR) is 52.1 cm³/mol. The minimum atomic E-state index is 0.750. The first-order valence-electron chi connectivity index (χ1n) is 4.20. The fraction of sp³-hybridized carbons (Fsp3) is 1.00. The Morgan fingerprint density at radius 3 is 2.00 bits per heavy atom. The van der Waals surface area contributed by atoms with Crippen LogP contribution in [0.15, 0.2) is 0 Å². The molecule has 11 heavy (non-hydrogen) atoms. The zero-order chi connectivity index (χ0) is 8.53. The van der Waals surface area contributed by atoms with Gasteiger partial charge in [0.1, 0.15) is 0 Å². The molecule has 1 saturated carbocycles. The maximum Gasteiger partial charge on any atom is 0.00795 e. The van der Waals surface area contributed by atoms with Crippen LogP contribution in [0.1, 0.15) is 32.1 Å². The van der Waals surface area contributed by atoms with Gasteiger partial charge in [-0.2, -0.15) is 0 Å². The molecule has 2 nitrogen and oxygen atoms in total. The summed E-state index contributed by atoms with van der Waals surface area (Å²) in [6.45, 7) is 0. The molecule has 68 valence electrons. The summed E-state index contributed by atoms with van der Waals surface area (Å²) < 4.78 is 7.49. The molecule has 0 heterocycles. The van der Waals surface area contributed by atoms with Crippen molar-refractivity contribution in [2.75, 3.05) is 13.3 Å². The van der Waals surface area contributed by atoms with Crippen molar-refractivity contribution >= 4 is 12.0 Å². The maximum atomic E-state index is 7.49. The zero-order valence-electron chi connectivity index (χ0n) is 7.47. The molecule has 0 saturated heterocycles. The molecule has 0 aromatic rings. The molecular weight excluding hydrogens is 158 g/mol. The summed E-state index contributed by atoms with van der Waals surface area (Å²) in [7, 11) is 2.07. The third kappa shape index (κ3) is 6.66.